The van der Waals surface area contributed by atoms with Crippen LogP contribution in [0.15, 0.2) is 46.3 Å². The molecule has 1 fully saturated rings. The highest BCUT2D eigenvalue weighted by molar-refractivity contribution is 8.18. The molecule has 3 rings (SSSR count). The molecule has 1 aliphatic heterocycles. The molecule has 5 nitrogen and oxygen atoms in total. The van der Waals surface area contributed by atoms with Gasteiger partial charge in [-0.25, -0.2) is 4.99 Å². The summed E-state index contributed by atoms with van der Waals surface area (Å²) in [5, 5.41) is 3.93. The van der Waals surface area contributed by atoms with Gasteiger partial charge in [0.15, 0.2) is 16.7 Å². The smallest absolute Gasteiger partial charge is 0.264 e. The third kappa shape index (κ3) is 5.55. The van der Waals surface area contributed by atoms with Crippen molar-refractivity contribution in [1.82, 2.24) is 5.32 Å². The number of hydrogen-bond acceptors (Lipinski definition) is 5. The Morgan fingerprint density at radius 3 is 2.72 bits per heavy atom. The van der Waals surface area contributed by atoms with Gasteiger partial charge in [0.25, 0.3) is 5.91 Å². The third-order valence-electron chi connectivity index (χ3n) is 4.10. The fraction of sp³-hybridized carbons (Fsp3) is 0.273. The third-order valence-corrected chi connectivity index (χ3v) is 5.25. The normalized spacial score (nSPS) is 16.6. The van der Waals surface area contributed by atoms with Crippen molar-refractivity contribution in [1.29, 1.82) is 0 Å². The number of thioether (sulfide) groups is 1. The van der Waals surface area contributed by atoms with E-state index in [4.69, 9.17) is 21.1 Å². The van der Waals surface area contributed by atoms with Gasteiger partial charge in [-0.15, -0.1) is 0 Å². The number of nitrogens with zero attached hydrogens (tertiary/aromatic N) is 1. The summed E-state index contributed by atoms with van der Waals surface area (Å²) in [7, 11) is 1.60. The molecule has 1 N–H and O–H groups in total. The minimum atomic E-state index is -0.187. The van der Waals surface area contributed by atoms with Gasteiger partial charge in [0.05, 0.1) is 24.3 Å². The van der Waals surface area contributed by atoms with E-state index in [9.17, 15) is 4.79 Å². The van der Waals surface area contributed by atoms with Crippen LogP contribution in [0, 0.1) is 12.8 Å². The summed E-state index contributed by atoms with van der Waals surface area (Å²) in [6.45, 7) is 6.73. The van der Waals surface area contributed by atoms with Crippen LogP contribution >= 0.6 is 23.4 Å². The monoisotopic (exact) mass is 430 g/mol. The van der Waals surface area contributed by atoms with E-state index in [1.54, 1.807) is 13.2 Å². The van der Waals surface area contributed by atoms with Crippen LogP contribution < -0.4 is 14.8 Å². The first-order chi connectivity index (χ1) is 13.9. The topological polar surface area (TPSA) is 59.9 Å². The number of ether oxygens (including phenoxy) is 2. The van der Waals surface area contributed by atoms with Gasteiger partial charge in [0.1, 0.15) is 0 Å². The number of aliphatic imine (C=N–C) groups is 1. The molecule has 0 spiro atoms. The molecule has 0 saturated carbocycles. The van der Waals surface area contributed by atoms with Crippen molar-refractivity contribution in [3.63, 3.8) is 0 Å². The molecule has 1 saturated heterocycles. The zero-order valence-electron chi connectivity index (χ0n) is 16.8. The predicted molar refractivity (Wildman–Crippen MR) is 120 cm³/mol. The van der Waals surface area contributed by atoms with Gasteiger partial charge in [0, 0.05) is 5.02 Å². The number of rotatable bonds is 6. The molecule has 1 aliphatic rings. The Morgan fingerprint density at radius 1 is 1.21 bits per heavy atom. The molecule has 0 unspecified atom stereocenters. The van der Waals surface area contributed by atoms with Crippen LogP contribution in [0.1, 0.15) is 25.0 Å². The van der Waals surface area contributed by atoms with Crippen molar-refractivity contribution in [2.24, 2.45) is 10.9 Å². The summed E-state index contributed by atoms with van der Waals surface area (Å²) in [6.07, 6.45) is 1.81. The lowest BCUT2D eigenvalue weighted by molar-refractivity contribution is -0.115. The molecule has 2 aromatic carbocycles. The zero-order chi connectivity index (χ0) is 21.0. The van der Waals surface area contributed by atoms with Crippen LogP contribution in [-0.4, -0.2) is 24.8 Å². The van der Waals surface area contributed by atoms with E-state index in [2.05, 4.69) is 24.2 Å². The summed E-state index contributed by atoms with van der Waals surface area (Å²) in [4.78, 5) is 17.5. The molecule has 1 heterocycles. The first-order valence-electron chi connectivity index (χ1n) is 9.22. The number of amidine groups is 1. The number of aryl methyl sites for hydroxylation is 1. The lowest BCUT2D eigenvalue weighted by Crippen LogP contribution is -2.19. The average Bonchev–Trinajstić information content (AvgIpc) is 3.02. The average molecular weight is 431 g/mol. The maximum absolute atomic E-state index is 12.4. The van der Waals surface area contributed by atoms with Crippen molar-refractivity contribution in [3.8, 4) is 11.5 Å². The van der Waals surface area contributed by atoms with Crippen molar-refractivity contribution in [2.45, 2.75) is 20.8 Å². The summed E-state index contributed by atoms with van der Waals surface area (Å²) < 4.78 is 11.2. The standard InChI is InChI=1S/C22H23ClN2O3S/c1-13(2)12-28-18-8-6-15(9-19(18)27-4)10-20-21(26)25-22(29-20)24-17-11-16(23)7-5-14(17)3/h5-11,13H,12H2,1-4H3,(H,24,25,26)/b20-10-. The Hall–Kier alpha value is -2.44. The second-order valence-electron chi connectivity index (χ2n) is 7.03. The molecule has 0 bridgehead atoms. The molecular weight excluding hydrogens is 408 g/mol. The fourth-order valence-electron chi connectivity index (χ4n) is 2.59. The Kier molecular flexibility index (Phi) is 6.87. The number of amides is 1. The minimum Gasteiger partial charge on any atom is -0.493 e. The largest absolute Gasteiger partial charge is 0.493 e. The molecule has 152 valence electrons. The van der Waals surface area contributed by atoms with Crippen LogP contribution in [0.25, 0.3) is 6.08 Å². The van der Waals surface area contributed by atoms with E-state index in [-0.39, 0.29) is 5.91 Å². The fourth-order valence-corrected chi connectivity index (χ4v) is 3.60. The van der Waals surface area contributed by atoms with E-state index in [0.717, 1.165) is 16.8 Å². The van der Waals surface area contributed by atoms with Gasteiger partial charge in [-0.3, -0.25) is 4.79 Å². The zero-order valence-corrected chi connectivity index (χ0v) is 18.4. The van der Waals surface area contributed by atoms with Crippen molar-refractivity contribution in [2.75, 3.05) is 13.7 Å². The summed E-state index contributed by atoms with van der Waals surface area (Å²) in [6, 6.07) is 11.1. The Balaban J connectivity index is 1.81. The Bertz CT molecular complexity index is 986. The molecule has 0 aliphatic carbocycles. The van der Waals surface area contributed by atoms with Crippen LogP contribution in [0.3, 0.4) is 0 Å². The number of hydrogen-bond donors (Lipinski definition) is 1. The second-order valence-corrected chi connectivity index (χ2v) is 8.49. The van der Waals surface area contributed by atoms with Crippen molar-refractivity contribution < 1.29 is 14.3 Å². The van der Waals surface area contributed by atoms with E-state index >= 15 is 0 Å². The molecule has 7 heteroatoms. The van der Waals surface area contributed by atoms with Crippen molar-refractivity contribution in [3.05, 3.63) is 57.5 Å². The molecular formula is C22H23ClN2O3S. The first kappa shape index (κ1) is 21.3. The summed E-state index contributed by atoms with van der Waals surface area (Å²) in [5.74, 6) is 1.55. The van der Waals surface area contributed by atoms with Gasteiger partial charge in [-0.05, 0) is 66.1 Å². The number of methoxy groups -OCH3 is 1. The quantitative estimate of drug-likeness (QED) is 0.607. The first-order valence-corrected chi connectivity index (χ1v) is 10.4. The van der Waals surface area contributed by atoms with Crippen LogP contribution in [0.4, 0.5) is 5.69 Å². The highest BCUT2D eigenvalue weighted by Crippen LogP contribution is 2.33. The highest BCUT2D eigenvalue weighted by Gasteiger charge is 2.24. The second kappa shape index (κ2) is 9.37. The van der Waals surface area contributed by atoms with E-state index < -0.39 is 0 Å². The number of carbonyl (C=O) groups is 1. The van der Waals surface area contributed by atoms with Gasteiger partial charge in [0.2, 0.25) is 0 Å². The lowest BCUT2D eigenvalue weighted by Gasteiger charge is -2.12. The predicted octanol–water partition coefficient (Wildman–Crippen LogP) is 5.58. The molecule has 0 aromatic heterocycles. The number of halogens is 1. The maximum Gasteiger partial charge on any atom is 0.264 e. The molecule has 0 radical (unpaired) electrons. The molecule has 29 heavy (non-hydrogen) atoms. The number of benzene rings is 2. The Morgan fingerprint density at radius 2 is 2.00 bits per heavy atom. The number of carbonyl (C=O) groups excluding carboxylic acids is 1. The van der Waals surface area contributed by atoms with Crippen LogP contribution in [-0.2, 0) is 4.79 Å². The summed E-state index contributed by atoms with van der Waals surface area (Å²) >= 11 is 7.34. The van der Waals surface area contributed by atoms with Crippen LogP contribution in [0.5, 0.6) is 11.5 Å². The molecule has 2 aromatic rings. The van der Waals surface area contributed by atoms with E-state index in [0.29, 0.717) is 39.1 Å². The maximum atomic E-state index is 12.4. The highest BCUT2D eigenvalue weighted by atomic mass is 35.5. The van der Waals surface area contributed by atoms with Crippen LogP contribution in [0.2, 0.25) is 5.02 Å². The van der Waals surface area contributed by atoms with Crippen molar-refractivity contribution >= 4 is 46.2 Å². The van der Waals surface area contributed by atoms with Gasteiger partial charge < -0.3 is 14.8 Å². The van der Waals surface area contributed by atoms with Gasteiger partial charge >= 0.3 is 0 Å². The Labute approximate surface area is 180 Å². The van der Waals surface area contributed by atoms with Gasteiger partial charge in [-0.1, -0.05) is 37.6 Å². The lowest BCUT2D eigenvalue weighted by atomic mass is 10.2. The van der Waals surface area contributed by atoms with Gasteiger partial charge in [-0.2, -0.15) is 0 Å². The van der Waals surface area contributed by atoms with E-state index in [1.165, 1.54) is 11.8 Å². The number of nitrogens with one attached hydrogen (secondary N) is 1. The summed E-state index contributed by atoms with van der Waals surface area (Å²) in [5.41, 5.74) is 2.56. The molecule has 1 amide bonds. The molecule has 0 atom stereocenters. The minimum absolute atomic E-state index is 0.187. The van der Waals surface area contributed by atoms with E-state index in [1.807, 2.05) is 43.3 Å². The SMILES string of the molecule is COc1cc(/C=C2\SC(=Nc3cc(Cl)ccc3C)NC2=O)ccc1OCC(C)C.